The molecular formula is C20H22N2O3S. The Morgan fingerprint density at radius 1 is 1.00 bits per heavy atom. The normalized spacial score (nSPS) is 11.5. The van der Waals surface area contributed by atoms with Crippen LogP contribution in [0.3, 0.4) is 0 Å². The van der Waals surface area contributed by atoms with Crippen molar-refractivity contribution in [2.24, 2.45) is 0 Å². The van der Waals surface area contributed by atoms with Crippen LogP contribution in [0.25, 0.3) is 0 Å². The lowest BCUT2D eigenvalue weighted by molar-refractivity contribution is 0.414. The van der Waals surface area contributed by atoms with Crippen LogP contribution in [0.15, 0.2) is 71.8 Å². The van der Waals surface area contributed by atoms with Gasteiger partial charge in [-0.15, -0.1) is 0 Å². The average Bonchev–Trinajstić information content (AvgIpc) is 3.09. The Bertz CT molecular complexity index is 976. The van der Waals surface area contributed by atoms with Crippen LogP contribution in [-0.2, 0) is 23.1 Å². The molecule has 0 bridgehead atoms. The first-order valence-electron chi connectivity index (χ1n) is 8.32. The molecule has 6 heteroatoms. The Labute approximate surface area is 154 Å². The van der Waals surface area contributed by atoms with E-state index in [-0.39, 0.29) is 11.4 Å². The lowest BCUT2D eigenvalue weighted by Gasteiger charge is -2.12. The molecule has 2 aromatic carbocycles. The predicted octanol–water partition coefficient (Wildman–Crippen LogP) is 3.33. The topological polar surface area (TPSA) is 60.3 Å². The molecule has 0 aliphatic heterocycles. The molecule has 0 amide bonds. The van der Waals surface area contributed by atoms with Gasteiger partial charge >= 0.3 is 0 Å². The van der Waals surface area contributed by atoms with Crippen LogP contribution >= 0.6 is 0 Å². The van der Waals surface area contributed by atoms with Gasteiger partial charge in [-0.2, -0.15) is 0 Å². The maximum Gasteiger partial charge on any atom is 0.240 e. The quantitative estimate of drug-likeness (QED) is 0.694. The molecule has 0 radical (unpaired) electrons. The summed E-state index contributed by atoms with van der Waals surface area (Å²) in [4.78, 5) is 0.218. The first kappa shape index (κ1) is 18.2. The Morgan fingerprint density at radius 3 is 2.42 bits per heavy atom. The molecule has 3 aromatic rings. The maximum absolute atomic E-state index is 12.5. The number of benzene rings is 2. The van der Waals surface area contributed by atoms with Crippen molar-refractivity contribution >= 4 is 10.0 Å². The molecule has 0 aliphatic carbocycles. The van der Waals surface area contributed by atoms with Gasteiger partial charge in [0.1, 0.15) is 5.75 Å². The summed E-state index contributed by atoms with van der Waals surface area (Å²) in [5, 5.41) is 0. The fraction of sp³-hybridized carbons (Fsp3) is 0.200. The summed E-state index contributed by atoms with van der Waals surface area (Å²) in [5.41, 5.74) is 3.33. The van der Waals surface area contributed by atoms with E-state index in [0.29, 0.717) is 12.3 Å². The Hall–Kier alpha value is -2.57. The van der Waals surface area contributed by atoms with Crippen molar-refractivity contribution in [3.63, 3.8) is 0 Å². The fourth-order valence-electron chi connectivity index (χ4n) is 2.74. The monoisotopic (exact) mass is 370 g/mol. The maximum atomic E-state index is 12.5. The number of nitrogens with zero attached hydrogens (tertiary/aromatic N) is 1. The van der Waals surface area contributed by atoms with Crippen molar-refractivity contribution in [1.29, 1.82) is 0 Å². The van der Waals surface area contributed by atoms with Crippen molar-refractivity contribution in [2.45, 2.75) is 24.9 Å². The van der Waals surface area contributed by atoms with E-state index in [4.69, 9.17) is 4.74 Å². The van der Waals surface area contributed by atoms with E-state index in [1.807, 2.05) is 30.5 Å². The van der Waals surface area contributed by atoms with E-state index in [1.165, 1.54) is 23.3 Å². The van der Waals surface area contributed by atoms with Crippen molar-refractivity contribution in [3.05, 3.63) is 83.7 Å². The number of hydrogen-bond acceptors (Lipinski definition) is 3. The predicted molar refractivity (Wildman–Crippen MR) is 102 cm³/mol. The third-order valence-corrected chi connectivity index (χ3v) is 5.76. The van der Waals surface area contributed by atoms with Gasteiger partial charge in [-0.25, -0.2) is 13.1 Å². The largest absolute Gasteiger partial charge is 0.497 e. The van der Waals surface area contributed by atoms with Crippen LogP contribution < -0.4 is 9.46 Å². The number of rotatable bonds is 7. The number of nitrogens with one attached hydrogen (secondary N) is 1. The number of ether oxygens (including phenoxy) is 1. The third kappa shape index (κ3) is 4.15. The van der Waals surface area contributed by atoms with Crippen LogP contribution in [0.1, 0.15) is 16.8 Å². The number of aryl methyl sites for hydroxylation is 1. The summed E-state index contributed by atoms with van der Waals surface area (Å²) in [6.07, 6.45) is 1.96. The van der Waals surface area contributed by atoms with Crippen LogP contribution in [0, 0.1) is 6.92 Å². The second-order valence-corrected chi connectivity index (χ2v) is 7.82. The van der Waals surface area contributed by atoms with E-state index in [2.05, 4.69) is 28.3 Å². The Morgan fingerprint density at radius 2 is 1.73 bits per heavy atom. The Balaban J connectivity index is 1.72. The van der Waals surface area contributed by atoms with Gasteiger partial charge in [0.25, 0.3) is 0 Å². The van der Waals surface area contributed by atoms with Gasteiger partial charge in [-0.1, -0.05) is 24.3 Å². The minimum atomic E-state index is -3.58. The van der Waals surface area contributed by atoms with Gasteiger partial charge in [0, 0.05) is 18.4 Å². The fourth-order valence-corrected chi connectivity index (χ4v) is 3.74. The molecule has 26 heavy (non-hydrogen) atoms. The van der Waals surface area contributed by atoms with Crippen molar-refractivity contribution in [3.8, 4) is 5.75 Å². The first-order chi connectivity index (χ1) is 12.5. The van der Waals surface area contributed by atoms with Gasteiger partial charge in [-0.3, -0.25) is 0 Å². The van der Waals surface area contributed by atoms with E-state index >= 15 is 0 Å². The molecule has 1 heterocycles. The second kappa shape index (κ2) is 7.76. The zero-order valence-corrected chi connectivity index (χ0v) is 15.7. The summed E-state index contributed by atoms with van der Waals surface area (Å²) in [5.74, 6) is 0.621. The van der Waals surface area contributed by atoms with E-state index in [0.717, 1.165) is 5.69 Å². The number of aromatic nitrogens is 1. The molecule has 0 fully saturated rings. The second-order valence-electron chi connectivity index (χ2n) is 6.05. The van der Waals surface area contributed by atoms with Gasteiger partial charge in [0.05, 0.1) is 18.6 Å². The molecule has 136 valence electrons. The molecule has 1 N–H and O–H groups in total. The van der Waals surface area contributed by atoms with Crippen LogP contribution in [-0.4, -0.2) is 20.1 Å². The third-order valence-electron chi connectivity index (χ3n) is 4.34. The molecule has 0 aliphatic rings. The average molecular weight is 370 g/mol. The summed E-state index contributed by atoms with van der Waals surface area (Å²) >= 11 is 0. The molecule has 0 saturated heterocycles. The standard InChI is InChI=1S/C20H22N2O3S/c1-16-6-3-4-7-17(16)15-22-13-5-8-18(22)14-21-26(23,24)20-11-9-19(25-2)10-12-20/h3-13,21H,14-15H2,1-2H3. The molecule has 1 aromatic heterocycles. The number of sulfonamides is 1. The van der Waals surface area contributed by atoms with E-state index in [1.54, 1.807) is 19.2 Å². The zero-order chi connectivity index (χ0) is 18.6. The Kier molecular flexibility index (Phi) is 5.44. The highest BCUT2D eigenvalue weighted by molar-refractivity contribution is 7.89. The molecule has 3 rings (SSSR count). The minimum absolute atomic E-state index is 0.218. The molecule has 0 spiro atoms. The molecular weight excluding hydrogens is 348 g/mol. The molecule has 0 atom stereocenters. The smallest absolute Gasteiger partial charge is 0.240 e. The first-order valence-corrected chi connectivity index (χ1v) is 9.80. The molecule has 0 saturated carbocycles. The SMILES string of the molecule is COc1ccc(S(=O)(=O)NCc2cccn2Cc2ccccc2C)cc1. The van der Waals surface area contributed by atoms with Gasteiger partial charge in [0.15, 0.2) is 0 Å². The van der Waals surface area contributed by atoms with Crippen molar-refractivity contribution < 1.29 is 13.2 Å². The van der Waals surface area contributed by atoms with Gasteiger partial charge in [-0.05, 0) is 54.4 Å². The summed E-state index contributed by atoms with van der Waals surface area (Å²) in [6, 6.07) is 18.4. The van der Waals surface area contributed by atoms with Crippen molar-refractivity contribution in [1.82, 2.24) is 9.29 Å². The highest BCUT2D eigenvalue weighted by Crippen LogP contribution is 2.16. The van der Waals surface area contributed by atoms with Crippen LogP contribution in [0.4, 0.5) is 0 Å². The highest BCUT2D eigenvalue weighted by Gasteiger charge is 2.15. The molecule has 0 unspecified atom stereocenters. The van der Waals surface area contributed by atoms with Gasteiger partial charge < -0.3 is 9.30 Å². The van der Waals surface area contributed by atoms with Gasteiger partial charge in [0.2, 0.25) is 10.0 Å². The lowest BCUT2D eigenvalue weighted by atomic mass is 10.1. The lowest BCUT2D eigenvalue weighted by Crippen LogP contribution is -2.24. The van der Waals surface area contributed by atoms with E-state index in [9.17, 15) is 8.42 Å². The van der Waals surface area contributed by atoms with E-state index < -0.39 is 10.0 Å². The summed E-state index contributed by atoms with van der Waals surface area (Å²) in [7, 11) is -2.03. The van der Waals surface area contributed by atoms with Crippen LogP contribution in [0.5, 0.6) is 5.75 Å². The molecule has 5 nitrogen and oxygen atoms in total. The number of hydrogen-bond donors (Lipinski definition) is 1. The minimum Gasteiger partial charge on any atom is -0.497 e. The van der Waals surface area contributed by atoms with Crippen LogP contribution in [0.2, 0.25) is 0 Å². The van der Waals surface area contributed by atoms with Crippen molar-refractivity contribution in [2.75, 3.05) is 7.11 Å². The highest BCUT2D eigenvalue weighted by atomic mass is 32.2. The summed E-state index contributed by atoms with van der Waals surface area (Å²) in [6.45, 7) is 3.01. The zero-order valence-electron chi connectivity index (χ0n) is 14.8. The number of methoxy groups -OCH3 is 1. The summed E-state index contributed by atoms with van der Waals surface area (Å²) < 4.78 is 34.8.